The summed E-state index contributed by atoms with van der Waals surface area (Å²) in [5.41, 5.74) is 0. The van der Waals surface area contributed by atoms with Crippen molar-refractivity contribution < 1.29 is 9.59 Å². The normalized spacial score (nSPS) is 30.9. The SMILES string of the molecule is CC(=O)CC1CCC(C)C1=O. The van der Waals surface area contributed by atoms with Crippen LogP contribution in [0.15, 0.2) is 0 Å². The van der Waals surface area contributed by atoms with Gasteiger partial charge in [-0.2, -0.15) is 0 Å². The summed E-state index contributed by atoms with van der Waals surface area (Å²) in [5, 5.41) is 0. The Labute approximate surface area is 67.0 Å². The Morgan fingerprint density at radius 2 is 2.18 bits per heavy atom. The zero-order valence-corrected chi connectivity index (χ0v) is 7.09. The largest absolute Gasteiger partial charge is 0.300 e. The van der Waals surface area contributed by atoms with Crippen LogP contribution in [0, 0.1) is 11.8 Å². The predicted molar refractivity (Wildman–Crippen MR) is 42.2 cm³/mol. The maximum absolute atomic E-state index is 11.3. The summed E-state index contributed by atoms with van der Waals surface area (Å²) in [6, 6.07) is 0. The first kappa shape index (κ1) is 8.44. The quantitative estimate of drug-likeness (QED) is 0.605. The van der Waals surface area contributed by atoms with Crippen molar-refractivity contribution in [3.05, 3.63) is 0 Å². The Morgan fingerprint density at radius 1 is 1.55 bits per heavy atom. The Balaban J connectivity index is 2.49. The second kappa shape index (κ2) is 3.16. The minimum Gasteiger partial charge on any atom is -0.300 e. The summed E-state index contributed by atoms with van der Waals surface area (Å²) in [6.07, 6.45) is 2.35. The molecule has 1 fully saturated rings. The van der Waals surface area contributed by atoms with E-state index >= 15 is 0 Å². The molecule has 0 bridgehead atoms. The zero-order chi connectivity index (χ0) is 8.43. The topological polar surface area (TPSA) is 34.1 Å². The summed E-state index contributed by atoms with van der Waals surface area (Å²) in [4.78, 5) is 22.0. The van der Waals surface area contributed by atoms with Crippen LogP contribution in [0.25, 0.3) is 0 Å². The third kappa shape index (κ3) is 1.88. The van der Waals surface area contributed by atoms with Gasteiger partial charge in [-0.25, -0.2) is 0 Å². The molecule has 1 rings (SSSR count). The summed E-state index contributed by atoms with van der Waals surface area (Å²) in [6.45, 7) is 3.50. The lowest BCUT2D eigenvalue weighted by atomic mass is 9.99. The molecule has 0 aromatic carbocycles. The zero-order valence-electron chi connectivity index (χ0n) is 7.09. The number of carbonyl (C=O) groups is 2. The van der Waals surface area contributed by atoms with Crippen LogP contribution in [-0.4, -0.2) is 11.6 Å². The minimum absolute atomic E-state index is 0.0440. The van der Waals surface area contributed by atoms with Gasteiger partial charge in [0, 0.05) is 18.3 Å². The molecule has 11 heavy (non-hydrogen) atoms. The van der Waals surface area contributed by atoms with Gasteiger partial charge in [0.1, 0.15) is 11.6 Å². The third-order valence-corrected chi connectivity index (χ3v) is 2.37. The number of ketones is 2. The van der Waals surface area contributed by atoms with Crippen molar-refractivity contribution >= 4 is 11.6 Å². The standard InChI is InChI=1S/C9H14O2/c1-6-3-4-8(9(6)11)5-7(2)10/h6,8H,3-5H2,1-2H3. The summed E-state index contributed by atoms with van der Waals surface area (Å²) < 4.78 is 0. The van der Waals surface area contributed by atoms with Crippen LogP contribution < -0.4 is 0 Å². The predicted octanol–water partition coefficient (Wildman–Crippen LogP) is 1.58. The molecule has 0 aromatic heterocycles. The van der Waals surface area contributed by atoms with Gasteiger partial charge in [-0.05, 0) is 19.8 Å². The van der Waals surface area contributed by atoms with E-state index in [-0.39, 0.29) is 17.6 Å². The first-order valence-corrected chi connectivity index (χ1v) is 4.14. The minimum atomic E-state index is 0.0440. The molecule has 1 aliphatic carbocycles. The van der Waals surface area contributed by atoms with E-state index in [1.54, 1.807) is 6.92 Å². The van der Waals surface area contributed by atoms with Crippen LogP contribution in [0.1, 0.15) is 33.1 Å². The Bertz CT molecular complexity index is 184. The highest BCUT2D eigenvalue weighted by atomic mass is 16.1. The van der Waals surface area contributed by atoms with Crippen LogP contribution >= 0.6 is 0 Å². The molecule has 1 aliphatic rings. The highest BCUT2D eigenvalue weighted by Crippen LogP contribution is 2.29. The number of hydrogen-bond acceptors (Lipinski definition) is 2. The summed E-state index contributed by atoms with van der Waals surface area (Å²) >= 11 is 0. The van der Waals surface area contributed by atoms with E-state index in [1.165, 1.54) is 0 Å². The van der Waals surface area contributed by atoms with Crippen molar-refractivity contribution in [2.75, 3.05) is 0 Å². The van der Waals surface area contributed by atoms with E-state index in [4.69, 9.17) is 0 Å². The molecule has 0 saturated heterocycles. The number of rotatable bonds is 2. The molecule has 2 nitrogen and oxygen atoms in total. The Kier molecular flexibility index (Phi) is 2.42. The molecule has 2 heteroatoms. The average Bonchev–Trinajstić information content (AvgIpc) is 2.18. The molecular formula is C9H14O2. The van der Waals surface area contributed by atoms with Crippen LogP contribution in [0.3, 0.4) is 0 Å². The molecule has 0 radical (unpaired) electrons. The maximum atomic E-state index is 11.3. The van der Waals surface area contributed by atoms with E-state index in [0.717, 1.165) is 12.8 Å². The van der Waals surface area contributed by atoms with Gasteiger partial charge in [-0.15, -0.1) is 0 Å². The molecule has 0 aliphatic heterocycles. The van der Waals surface area contributed by atoms with E-state index in [2.05, 4.69) is 0 Å². The van der Waals surface area contributed by atoms with Gasteiger partial charge in [0.2, 0.25) is 0 Å². The van der Waals surface area contributed by atoms with Gasteiger partial charge in [0.15, 0.2) is 0 Å². The fraction of sp³-hybridized carbons (Fsp3) is 0.778. The van der Waals surface area contributed by atoms with Crippen molar-refractivity contribution in [2.24, 2.45) is 11.8 Å². The van der Waals surface area contributed by atoms with Crippen LogP contribution in [0.5, 0.6) is 0 Å². The lowest BCUT2D eigenvalue weighted by Crippen LogP contribution is -2.14. The van der Waals surface area contributed by atoms with Gasteiger partial charge in [0.05, 0.1) is 0 Å². The van der Waals surface area contributed by atoms with E-state index in [1.807, 2.05) is 6.92 Å². The number of carbonyl (C=O) groups excluding carboxylic acids is 2. The lowest BCUT2D eigenvalue weighted by molar-refractivity contribution is -0.127. The first-order valence-electron chi connectivity index (χ1n) is 4.14. The molecule has 0 N–H and O–H groups in total. The number of Topliss-reactive ketones (excluding diaryl/α,β-unsaturated/α-hetero) is 2. The first-order chi connectivity index (χ1) is 5.11. The highest BCUT2D eigenvalue weighted by Gasteiger charge is 2.31. The Hall–Kier alpha value is -0.660. The Morgan fingerprint density at radius 3 is 2.55 bits per heavy atom. The van der Waals surface area contributed by atoms with Gasteiger partial charge in [-0.3, -0.25) is 4.79 Å². The molecule has 1 saturated carbocycles. The molecule has 0 amide bonds. The van der Waals surface area contributed by atoms with Crippen LogP contribution in [-0.2, 0) is 9.59 Å². The van der Waals surface area contributed by atoms with Crippen LogP contribution in [0.4, 0.5) is 0 Å². The second-order valence-electron chi connectivity index (χ2n) is 3.48. The third-order valence-electron chi connectivity index (χ3n) is 2.37. The second-order valence-corrected chi connectivity index (χ2v) is 3.48. The maximum Gasteiger partial charge on any atom is 0.139 e. The fourth-order valence-electron chi connectivity index (χ4n) is 1.69. The lowest BCUT2D eigenvalue weighted by Gasteiger charge is -2.03. The average molecular weight is 154 g/mol. The summed E-state index contributed by atoms with van der Waals surface area (Å²) in [7, 11) is 0. The van der Waals surface area contributed by atoms with Gasteiger partial charge >= 0.3 is 0 Å². The molecule has 2 unspecified atom stereocenters. The van der Waals surface area contributed by atoms with Crippen LogP contribution in [0.2, 0.25) is 0 Å². The van der Waals surface area contributed by atoms with E-state index in [9.17, 15) is 9.59 Å². The van der Waals surface area contributed by atoms with E-state index in [0.29, 0.717) is 12.2 Å². The van der Waals surface area contributed by atoms with Gasteiger partial charge in [-0.1, -0.05) is 6.92 Å². The highest BCUT2D eigenvalue weighted by molar-refractivity contribution is 5.89. The fourth-order valence-corrected chi connectivity index (χ4v) is 1.69. The van der Waals surface area contributed by atoms with Crippen molar-refractivity contribution in [1.82, 2.24) is 0 Å². The molecule has 0 heterocycles. The smallest absolute Gasteiger partial charge is 0.139 e. The van der Waals surface area contributed by atoms with E-state index < -0.39 is 0 Å². The monoisotopic (exact) mass is 154 g/mol. The molecular weight excluding hydrogens is 140 g/mol. The number of hydrogen-bond donors (Lipinski definition) is 0. The molecule has 0 spiro atoms. The molecule has 62 valence electrons. The van der Waals surface area contributed by atoms with Gasteiger partial charge in [0.25, 0.3) is 0 Å². The summed E-state index contributed by atoms with van der Waals surface area (Å²) in [5.74, 6) is 0.666. The van der Waals surface area contributed by atoms with Crippen molar-refractivity contribution in [3.63, 3.8) is 0 Å². The van der Waals surface area contributed by atoms with Crippen molar-refractivity contribution in [1.29, 1.82) is 0 Å². The van der Waals surface area contributed by atoms with Crippen molar-refractivity contribution in [3.8, 4) is 0 Å². The molecule has 2 atom stereocenters. The van der Waals surface area contributed by atoms with Gasteiger partial charge < -0.3 is 4.79 Å². The van der Waals surface area contributed by atoms with Crippen molar-refractivity contribution in [2.45, 2.75) is 33.1 Å². The molecule has 0 aromatic rings.